The zero-order valence-corrected chi connectivity index (χ0v) is 16.6. The van der Waals surface area contributed by atoms with Crippen molar-refractivity contribution in [2.75, 3.05) is 20.3 Å². The number of benzene rings is 1. The van der Waals surface area contributed by atoms with Gasteiger partial charge in [0.25, 0.3) is 17.1 Å². The first-order valence-corrected chi connectivity index (χ1v) is 10.1. The van der Waals surface area contributed by atoms with E-state index in [2.05, 4.69) is 0 Å². The van der Waals surface area contributed by atoms with Crippen LogP contribution in [-0.4, -0.2) is 42.2 Å². The van der Waals surface area contributed by atoms with Crippen LogP contribution in [-0.2, 0) is 9.59 Å². The maximum atomic E-state index is 12.7. The number of carbonyl (C=O) groups excluding carboxylic acids is 3. The molecule has 0 radical (unpaired) electrons. The van der Waals surface area contributed by atoms with Crippen molar-refractivity contribution in [2.45, 2.75) is 32.1 Å². The molecule has 1 saturated heterocycles. The fourth-order valence-corrected chi connectivity index (χ4v) is 4.33. The van der Waals surface area contributed by atoms with E-state index in [1.54, 1.807) is 24.3 Å². The summed E-state index contributed by atoms with van der Waals surface area (Å²) in [6.07, 6.45) is 7.39. The van der Waals surface area contributed by atoms with Gasteiger partial charge in [-0.05, 0) is 54.3 Å². The van der Waals surface area contributed by atoms with Gasteiger partial charge in [0.05, 0.1) is 12.0 Å². The molecule has 8 heteroatoms. The summed E-state index contributed by atoms with van der Waals surface area (Å²) in [6, 6.07) is 5.05. The Hall–Kier alpha value is -2.48. The van der Waals surface area contributed by atoms with Crippen molar-refractivity contribution in [2.24, 2.45) is 11.7 Å². The molecular formula is C20H24N2O5S. The van der Waals surface area contributed by atoms with Gasteiger partial charge >= 0.3 is 0 Å². The van der Waals surface area contributed by atoms with E-state index in [1.807, 2.05) is 0 Å². The van der Waals surface area contributed by atoms with Crippen molar-refractivity contribution >= 4 is 34.9 Å². The Labute approximate surface area is 168 Å². The lowest BCUT2D eigenvalue weighted by atomic mass is 9.89. The fraction of sp³-hybridized carbons (Fsp3) is 0.450. The summed E-state index contributed by atoms with van der Waals surface area (Å²) < 4.78 is 10.6. The van der Waals surface area contributed by atoms with Crippen LogP contribution in [0.1, 0.15) is 37.7 Å². The van der Waals surface area contributed by atoms with Gasteiger partial charge in [-0.25, -0.2) is 0 Å². The number of amides is 3. The SMILES string of the molecule is COc1cc(/C=C2/SC(=O)N(CC3CCCCC3)C2=O)ccc1OCC(N)=O. The highest BCUT2D eigenvalue weighted by atomic mass is 32.2. The van der Waals surface area contributed by atoms with Crippen molar-refractivity contribution < 1.29 is 23.9 Å². The third kappa shape index (κ3) is 4.86. The summed E-state index contributed by atoms with van der Waals surface area (Å²) in [7, 11) is 1.48. The number of primary amides is 1. The van der Waals surface area contributed by atoms with Crippen LogP contribution in [0.2, 0.25) is 0 Å². The summed E-state index contributed by atoms with van der Waals surface area (Å²) >= 11 is 0.962. The van der Waals surface area contributed by atoms with Gasteiger partial charge in [0.15, 0.2) is 18.1 Å². The highest BCUT2D eigenvalue weighted by Crippen LogP contribution is 2.36. The predicted octanol–water partition coefficient (Wildman–Crippen LogP) is 3.18. The molecule has 0 aromatic heterocycles. The standard InChI is InChI=1S/C20H24N2O5S/c1-26-16-9-14(7-8-15(16)27-12-18(21)23)10-17-19(24)22(20(25)28-17)11-13-5-3-2-4-6-13/h7-10,13H,2-6,11-12H2,1H3,(H2,21,23)/b17-10+. The Balaban J connectivity index is 1.72. The van der Waals surface area contributed by atoms with E-state index in [0.717, 1.165) is 24.6 Å². The lowest BCUT2D eigenvalue weighted by molar-refractivity contribution is -0.123. The van der Waals surface area contributed by atoms with Gasteiger partial charge in [-0.1, -0.05) is 25.3 Å². The van der Waals surface area contributed by atoms with Crippen molar-refractivity contribution in [3.05, 3.63) is 28.7 Å². The summed E-state index contributed by atoms with van der Waals surface area (Å²) in [5, 5.41) is -0.213. The Kier molecular flexibility index (Phi) is 6.61. The number of ether oxygens (including phenoxy) is 2. The van der Waals surface area contributed by atoms with E-state index >= 15 is 0 Å². The van der Waals surface area contributed by atoms with Crippen LogP contribution in [0.4, 0.5) is 4.79 Å². The Morgan fingerprint density at radius 1 is 1.25 bits per heavy atom. The Bertz CT molecular complexity index is 802. The molecule has 1 aliphatic heterocycles. The first-order chi connectivity index (χ1) is 13.5. The average molecular weight is 404 g/mol. The third-order valence-electron chi connectivity index (χ3n) is 4.89. The van der Waals surface area contributed by atoms with Crippen LogP contribution in [0.25, 0.3) is 6.08 Å². The highest BCUT2D eigenvalue weighted by molar-refractivity contribution is 8.18. The molecule has 2 N–H and O–H groups in total. The first-order valence-electron chi connectivity index (χ1n) is 9.32. The number of hydrogen-bond acceptors (Lipinski definition) is 6. The molecule has 1 saturated carbocycles. The largest absolute Gasteiger partial charge is 0.493 e. The molecule has 0 spiro atoms. The van der Waals surface area contributed by atoms with Crippen LogP contribution >= 0.6 is 11.8 Å². The summed E-state index contributed by atoms with van der Waals surface area (Å²) in [6.45, 7) is 0.251. The van der Waals surface area contributed by atoms with E-state index in [-0.39, 0.29) is 17.8 Å². The number of hydrogen-bond donors (Lipinski definition) is 1. The molecule has 1 aliphatic carbocycles. The molecule has 0 bridgehead atoms. The van der Waals surface area contributed by atoms with Crippen LogP contribution in [0.5, 0.6) is 11.5 Å². The second-order valence-electron chi connectivity index (χ2n) is 6.96. The summed E-state index contributed by atoms with van der Waals surface area (Å²) in [4.78, 5) is 37.7. The molecule has 0 unspecified atom stereocenters. The fourth-order valence-electron chi connectivity index (χ4n) is 3.48. The quantitative estimate of drug-likeness (QED) is 0.701. The first kappa shape index (κ1) is 20.3. The minimum absolute atomic E-state index is 0.213. The van der Waals surface area contributed by atoms with Crippen molar-refractivity contribution in [3.63, 3.8) is 0 Å². The van der Waals surface area contributed by atoms with Gasteiger partial charge in [-0.2, -0.15) is 0 Å². The Morgan fingerprint density at radius 3 is 2.68 bits per heavy atom. The van der Waals surface area contributed by atoms with E-state index in [9.17, 15) is 14.4 Å². The van der Waals surface area contributed by atoms with Crippen LogP contribution in [0, 0.1) is 5.92 Å². The highest BCUT2D eigenvalue weighted by Gasteiger charge is 2.36. The number of nitrogens with two attached hydrogens (primary N) is 1. The van der Waals surface area contributed by atoms with Gasteiger partial charge in [0.2, 0.25) is 0 Å². The number of carbonyl (C=O) groups is 3. The van der Waals surface area contributed by atoms with Crippen molar-refractivity contribution in [1.29, 1.82) is 0 Å². The molecule has 1 heterocycles. The van der Waals surface area contributed by atoms with Gasteiger partial charge in [0.1, 0.15) is 0 Å². The maximum absolute atomic E-state index is 12.7. The van der Waals surface area contributed by atoms with Gasteiger partial charge in [-0.3, -0.25) is 19.3 Å². The van der Waals surface area contributed by atoms with Crippen LogP contribution in [0.3, 0.4) is 0 Å². The van der Waals surface area contributed by atoms with Gasteiger partial charge in [-0.15, -0.1) is 0 Å². The summed E-state index contributed by atoms with van der Waals surface area (Å²) in [5.41, 5.74) is 5.79. The molecule has 2 fully saturated rings. The zero-order chi connectivity index (χ0) is 20.1. The number of thioether (sulfide) groups is 1. The molecule has 150 valence electrons. The van der Waals surface area contributed by atoms with E-state index in [0.29, 0.717) is 34.4 Å². The molecule has 1 aromatic rings. The minimum Gasteiger partial charge on any atom is -0.493 e. The molecular weight excluding hydrogens is 380 g/mol. The van der Waals surface area contributed by atoms with E-state index in [4.69, 9.17) is 15.2 Å². The lowest BCUT2D eigenvalue weighted by Gasteiger charge is -2.25. The number of methoxy groups -OCH3 is 1. The smallest absolute Gasteiger partial charge is 0.293 e. The second kappa shape index (κ2) is 9.14. The normalized spacial score (nSPS) is 19.3. The van der Waals surface area contributed by atoms with Crippen LogP contribution in [0.15, 0.2) is 23.1 Å². The monoisotopic (exact) mass is 404 g/mol. The molecule has 7 nitrogen and oxygen atoms in total. The number of nitrogens with zero attached hydrogens (tertiary/aromatic N) is 1. The molecule has 3 amide bonds. The minimum atomic E-state index is -0.585. The molecule has 0 atom stereocenters. The van der Waals surface area contributed by atoms with Crippen LogP contribution < -0.4 is 15.2 Å². The van der Waals surface area contributed by atoms with Gasteiger partial charge in [0, 0.05) is 6.54 Å². The maximum Gasteiger partial charge on any atom is 0.293 e. The second-order valence-corrected chi connectivity index (χ2v) is 7.95. The van der Waals surface area contributed by atoms with E-state index in [1.165, 1.54) is 31.3 Å². The lowest BCUT2D eigenvalue weighted by Crippen LogP contribution is -2.34. The Morgan fingerprint density at radius 2 is 2.00 bits per heavy atom. The third-order valence-corrected chi connectivity index (χ3v) is 5.80. The number of imide groups is 1. The molecule has 3 rings (SSSR count). The van der Waals surface area contributed by atoms with E-state index < -0.39 is 5.91 Å². The van der Waals surface area contributed by atoms with Gasteiger partial charge < -0.3 is 15.2 Å². The number of rotatable bonds is 7. The van der Waals surface area contributed by atoms with Crippen molar-refractivity contribution in [3.8, 4) is 11.5 Å². The molecule has 1 aromatic carbocycles. The summed E-state index contributed by atoms with van der Waals surface area (Å²) in [5.74, 6) is 0.370. The average Bonchev–Trinajstić information content (AvgIpc) is 2.95. The van der Waals surface area contributed by atoms with Crippen molar-refractivity contribution in [1.82, 2.24) is 4.90 Å². The predicted molar refractivity (Wildman–Crippen MR) is 107 cm³/mol. The molecule has 28 heavy (non-hydrogen) atoms. The zero-order valence-electron chi connectivity index (χ0n) is 15.8. The molecule has 2 aliphatic rings. The topological polar surface area (TPSA) is 98.9 Å².